The molecule has 5 heterocycles. The van der Waals surface area contributed by atoms with E-state index in [4.69, 9.17) is 21.3 Å². The number of anilines is 1. The van der Waals surface area contributed by atoms with Crippen molar-refractivity contribution in [3.8, 4) is 23.0 Å². The van der Waals surface area contributed by atoms with Gasteiger partial charge in [-0.2, -0.15) is 9.97 Å². The first-order valence-corrected chi connectivity index (χ1v) is 15.3. The molecule has 0 radical (unpaired) electrons. The van der Waals surface area contributed by atoms with Gasteiger partial charge in [0.15, 0.2) is 5.82 Å². The van der Waals surface area contributed by atoms with E-state index < -0.39 is 11.4 Å². The van der Waals surface area contributed by atoms with Crippen molar-refractivity contribution in [2.24, 2.45) is 5.92 Å². The summed E-state index contributed by atoms with van der Waals surface area (Å²) in [5.74, 6) is 0.483. The van der Waals surface area contributed by atoms with Gasteiger partial charge in [-0.1, -0.05) is 18.5 Å². The van der Waals surface area contributed by atoms with Crippen LogP contribution in [0.25, 0.3) is 22.2 Å². The lowest BCUT2D eigenvalue weighted by molar-refractivity contribution is 0.0447. The number of rotatable bonds is 6. The molecule has 4 aliphatic rings. The van der Waals surface area contributed by atoms with Gasteiger partial charge in [0.1, 0.15) is 29.4 Å². The Morgan fingerprint density at radius 3 is 2.56 bits per heavy atom. The molecule has 1 aliphatic carbocycles. The number of fused-ring (bicyclic) bond motifs is 2. The lowest BCUT2D eigenvalue weighted by Crippen LogP contribution is -2.46. The normalized spacial score (nSPS) is 27.4. The number of halogens is 2. The molecule has 4 fully saturated rings. The number of hydrogen-bond acceptors (Lipinski definition) is 8. The van der Waals surface area contributed by atoms with E-state index in [2.05, 4.69) is 21.8 Å². The summed E-state index contributed by atoms with van der Waals surface area (Å²) in [5, 5.41) is 22.1. The number of ether oxygens (including phenoxy) is 1. The minimum Gasteiger partial charge on any atom is -0.508 e. The summed E-state index contributed by atoms with van der Waals surface area (Å²) in [7, 11) is 0. The second-order valence-corrected chi connectivity index (χ2v) is 13.4. The van der Waals surface area contributed by atoms with Crippen molar-refractivity contribution in [1.82, 2.24) is 19.9 Å². The predicted molar refractivity (Wildman–Crippen MR) is 156 cm³/mol. The van der Waals surface area contributed by atoms with Gasteiger partial charge in [0, 0.05) is 29.9 Å². The quantitative estimate of drug-likeness (QED) is 0.384. The molecule has 8 nitrogen and oxygen atoms in total. The molecule has 0 bridgehead atoms. The third kappa shape index (κ3) is 4.79. The second-order valence-electron chi connectivity index (χ2n) is 13.0. The highest BCUT2D eigenvalue weighted by Crippen LogP contribution is 2.53. The summed E-state index contributed by atoms with van der Waals surface area (Å²) in [4.78, 5) is 18.5. The summed E-state index contributed by atoms with van der Waals surface area (Å²) >= 11 is 6.59. The van der Waals surface area contributed by atoms with Crippen LogP contribution in [-0.2, 0) is 0 Å². The lowest BCUT2D eigenvalue weighted by atomic mass is 9.95. The molecule has 7 rings (SSSR count). The van der Waals surface area contributed by atoms with Crippen molar-refractivity contribution in [2.45, 2.75) is 75.9 Å². The molecule has 3 aromatic rings. The number of nitrogens with zero attached hydrogens (tertiary/aromatic N) is 5. The van der Waals surface area contributed by atoms with Crippen molar-refractivity contribution in [2.75, 3.05) is 37.7 Å². The molecular formula is C31H37ClFN5O3. The van der Waals surface area contributed by atoms with Crippen molar-refractivity contribution < 1.29 is 19.3 Å². The first-order chi connectivity index (χ1) is 19.6. The highest BCUT2D eigenvalue weighted by atomic mass is 35.5. The molecule has 10 heteroatoms. The van der Waals surface area contributed by atoms with Crippen LogP contribution < -0.4 is 9.64 Å². The summed E-state index contributed by atoms with van der Waals surface area (Å²) in [6, 6.07) is 3.18. The van der Waals surface area contributed by atoms with Crippen molar-refractivity contribution in [3.05, 3.63) is 34.7 Å². The molecule has 218 valence electrons. The Kier molecular flexibility index (Phi) is 6.56. The highest BCUT2D eigenvalue weighted by Gasteiger charge is 2.45. The number of β-amino-alcohol motifs (C(OH)–C–C–N with tert-alkyl or cyclic N) is 1. The van der Waals surface area contributed by atoms with Crippen LogP contribution in [0.4, 0.5) is 10.2 Å². The zero-order valence-corrected chi connectivity index (χ0v) is 24.4. The van der Waals surface area contributed by atoms with Gasteiger partial charge in [0.2, 0.25) is 0 Å². The number of piperidine rings is 1. The van der Waals surface area contributed by atoms with E-state index in [9.17, 15) is 10.2 Å². The van der Waals surface area contributed by atoms with Gasteiger partial charge in [-0.05, 0) is 94.5 Å². The van der Waals surface area contributed by atoms with Gasteiger partial charge in [-0.25, -0.2) is 4.39 Å². The van der Waals surface area contributed by atoms with Crippen LogP contribution in [-0.4, -0.2) is 74.0 Å². The highest BCUT2D eigenvalue weighted by molar-refractivity contribution is 6.32. The van der Waals surface area contributed by atoms with Gasteiger partial charge in [-0.3, -0.25) is 9.88 Å². The third-order valence-corrected chi connectivity index (χ3v) is 10.1. The van der Waals surface area contributed by atoms with E-state index in [1.54, 1.807) is 12.3 Å². The largest absolute Gasteiger partial charge is 0.508 e. The van der Waals surface area contributed by atoms with Crippen molar-refractivity contribution in [3.63, 3.8) is 0 Å². The molecule has 3 atom stereocenters. The average molecular weight is 582 g/mol. The fourth-order valence-corrected chi connectivity index (χ4v) is 7.83. The SMILES string of the molecule is C[C@@H]1C[C@@H]1c1c(Cl)cc(O)cc1-c1ncc2c(N3CCCC(C)(O)C3)nc(OCC34CCCN3CCC4)nc2c1F. The average Bonchev–Trinajstić information content (AvgIpc) is 3.30. The van der Waals surface area contributed by atoms with Gasteiger partial charge in [-0.15, -0.1) is 0 Å². The molecule has 2 N–H and O–H groups in total. The number of hydrogen-bond donors (Lipinski definition) is 2. The first-order valence-electron chi connectivity index (χ1n) is 14.9. The van der Waals surface area contributed by atoms with Crippen LogP contribution in [0.2, 0.25) is 5.02 Å². The summed E-state index contributed by atoms with van der Waals surface area (Å²) in [5.41, 5.74) is 0.609. The number of benzene rings is 1. The van der Waals surface area contributed by atoms with E-state index in [-0.39, 0.29) is 34.4 Å². The maximum atomic E-state index is 16.6. The van der Waals surface area contributed by atoms with Gasteiger partial charge in [0.05, 0.1) is 16.5 Å². The van der Waals surface area contributed by atoms with Crippen molar-refractivity contribution in [1.29, 1.82) is 0 Å². The van der Waals surface area contributed by atoms with E-state index in [0.717, 1.165) is 57.2 Å². The van der Waals surface area contributed by atoms with Crippen molar-refractivity contribution >= 4 is 28.3 Å². The Labute approximate surface area is 244 Å². The Balaban J connectivity index is 1.34. The number of pyridine rings is 1. The number of aromatic hydroxyl groups is 1. The molecule has 1 unspecified atom stereocenters. The Bertz CT molecular complexity index is 1510. The van der Waals surface area contributed by atoms with Crippen LogP contribution in [0.5, 0.6) is 11.8 Å². The molecule has 0 spiro atoms. The number of aromatic nitrogens is 3. The smallest absolute Gasteiger partial charge is 0.319 e. The van der Waals surface area contributed by atoms with Crippen LogP contribution in [0, 0.1) is 11.7 Å². The first kappa shape index (κ1) is 27.1. The molecule has 1 saturated carbocycles. The zero-order chi connectivity index (χ0) is 28.5. The minimum absolute atomic E-state index is 0.0105. The monoisotopic (exact) mass is 581 g/mol. The fourth-order valence-electron chi connectivity index (χ4n) is 7.48. The standard InChI is InChI=1S/C31H37ClFN5O3/c1-18-12-20(18)24-21(13-19(39)14-23(24)32)26-25(33)27-22(15-34-26)28(37-9-3-6-30(2,40)16-37)36-29(35-27)41-17-31-7-4-10-38(31)11-5-8-31/h13-15,18,20,39-40H,3-12,16-17H2,1-2H3/t18-,20+,30?/m1/s1. The van der Waals surface area contributed by atoms with Crippen LogP contribution in [0.1, 0.15) is 70.3 Å². The maximum absolute atomic E-state index is 16.6. The van der Waals surface area contributed by atoms with Crippen LogP contribution >= 0.6 is 11.6 Å². The second kappa shape index (κ2) is 9.92. The molecule has 0 amide bonds. The molecule has 2 aromatic heterocycles. The molecule has 41 heavy (non-hydrogen) atoms. The predicted octanol–water partition coefficient (Wildman–Crippen LogP) is 5.67. The summed E-state index contributed by atoms with van der Waals surface area (Å²) < 4.78 is 22.9. The number of phenols is 1. The molecule has 3 aliphatic heterocycles. The Morgan fingerprint density at radius 2 is 1.85 bits per heavy atom. The van der Waals surface area contributed by atoms with Crippen LogP contribution in [0.3, 0.4) is 0 Å². The minimum atomic E-state index is -0.885. The summed E-state index contributed by atoms with van der Waals surface area (Å²) in [6.45, 7) is 7.61. The van der Waals surface area contributed by atoms with E-state index >= 15 is 4.39 Å². The fraction of sp³-hybridized carbons (Fsp3) is 0.581. The Hall–Kier alpha value is -2.75. The van der Waals surface area contributed by atoms with E-state index in [1.807, 2.05) is 11.8 Å². The third-order valence-electron chi connectivity index (χ3n) is 9.75. The van der Waals surface area contributed by atoms with E-state index in [1.165, 1.54) is 6.07 Å². The van der Waals surface area contributed by atoms with Gasteiger partial charge in [0.25, 0.3) is 0 Å². The lowest BCUT2D eigenvalue weighted by Gasteiger charge is -2.38. The Morgan fingerprint density at radius 1 is 1.12 bits per heavy atom. The molecule has 1 aromatic carbocycles. The molecular weight excluding hydrogens is 545 g/mol. The van der Waals surface area contributed by atoms with E-state index in [0.29, 0.717) is 53.8 Å². The summed E-state index contributed by atoms with van der Waals surface area (Å²) in [6.07, 6.45) is 8.46. The number of phenolic OH excluding ortho intramolecular Hbond substituents is 1. The van der Waals surface area contributed by atoms with Gasteiger partial charge < -0.3 is 19.8 Å². The number of aliphatic hydroxyl groups is 1. The van der Waals surface area contributed by atoms with Gasteiger partial charge >= 0.3 is 6.01 Å². The topological polar surface area (TPSA) is 94.8 Å². The maximum Gasteiger partial charge on any atom is 0.319 e. The molecule has 3 saturated heterocycles. The zero-order valence-electron chi connectivity index (χ0n) is 23.7. The van der Waals surface area contributed by atoms with Crippen LogP contribution in [0.15, 0.2) is 18.3 Å².